The molecule has 0 atom stereocenters. The molecule has 0 fully saturated rings. The van der Waals surface area contributed by atoms with E-state index >= 15 is 0 Å². The van der Waals surface area contributed by atoms with E-state index in [-0.39, 0.29) is 16.7 Å². The number of amides is 1. The van der Waals surface area contributed by atoms with E-state index in [9.17, 15) is 14.9 Å². The molecule has 32 heavy (non-hydrogen) atoms. The van der Waals surface area contributed by atoms with Crippen molar-refractivity contribution in [3.63, 3.8) is 0 Å². The first-order valence-electron chi connectivity index (χ1n) is 9.73. The van der Waals surface area contributed by atoms with E-state index < -0.39 is 4.92 Å². The van der Waals surface area contributed by atoms with Crippen molar-refractivity contribution < 1.29 is 9.72 Å². The van der Waals surface area contributed by atoms with Gasteiger partial charge in [-0.25, -0.2) is 0 Å². The molecule has 0 radical (unpaired) electrons. The summed E-state index contributed by atoms with van der Waals surface area (Å²) in [4.78, 5) is 22.8. The van der Waals surface area contributed by atoms with E-state index in [0.29, 0.717) is 24.3 Å². The van der Waals surface area contributed by atoms with E-state index in [1.165, 1.54) is 16.4 Å². The lowest BCUT2D eigenvalue weighted by atomic mass is 10.1. The Morgan fingerprint density at radius 1 is 1.09 bits per heavy atom. The molecule has 1 N–H and O–H groups in total. The summed E-state index contributed by atoms with van der Waals surface area (Å²) in [6.45, 7) is 2.96. The number of hydrogen-bond acceptors (Lipinski definition) is 5. The van der Waals surface area contributed by atoms with Crippen LogP contribution in [0.3, 0.4) is 0 Å². The molecule has 9 nitrogen and oxygen atoms in total. The number of carbonyl (C=O) groups excluding carboxylic acids is 1. The summed E-state index contributed by atoms with van der Waals surface area (Å²) in [5.41, 5.74) is 4.24. The molecule has 4 aromatic rings. The first kappa shape index (κ1) is 21.3. The fraction of sp³-hybridized carbons (Fsp3) is 0.136. The third-order valence-corrected chi connectivity index (χ3v) is 5.18. The van der Waals surface area contributed by atoms with Gasteiger partial charge in [0.25, 0.3) is 5.91 Å². The van der Waals surface area contributed by atoms with Gasteiger partial charge in [-0.1, -0.05) is 48.0 Å². The van der Waals surface area contributed by atoms with Gasteiger partial charge in [-0.3, -0.25) is 9.48 Å². The smallest absolute Gasteiger partial charge is 0.358 e. The van der Waals surface area contributed by atoms with E-state index in [1.54, 1.807) is 41.3 Å². The Labute approximate surface area is 188 Å². The van der Waals surface area contributed by atoms with Crippen molar-refractivity contribution in [2.45, 2.75) is 20.0 Å². The molecule has 2 aromatic carbocycles. The second-order valence-corrected chi connectivity index (χ2v) is 7.67. The van der Waals surface area contributed by atoms with Gasteiger partial charge in [0, 0.05) is 11.8 Å². The van der Waals surface area contributed by atoms with Gasteiger partial charge in [0.15, 0.2) is 5.02 Å². The van der Waals surface area contributed by atoms with Crippen LogP contribution in [0, 0.1) is 17.0 Å². The van der Waals surface area contributed by atoms with Crippen molar-refractivity contribution >= 4 is 29.0 Å². The normalized spacial score (nSPS) is 10.8. The lowest BCUT2D eigenvalue weighted by Crippen LogP contribution is -2.11. The maximum atomic E-state index is 12.6. The summed E-state index contributed by atoms with van der Waals surface area (Å²) < 4.78 is 3.16. The number of hydrogen-bond donors (Lipinski definition) is 1. The highest BCUT2D eigenvalue weighted by atomic mass is 35.5. The summed E-state index contributed by atoms with van der Waals surface area (Å²) in [6, 6.07) is 15.0. The van der Waals surface area contributed by atoms with Gasteiger partial charge in [0.05, 0.1) is 36.3 Å². The van der Waals surface area contributed by atoms with E-state index in [0.717, 1.165) is 11.1 Å². The second kappa shape index (κ2) is 9.03. The molecule has 0 saturated heterocycles. The number of nitrogens with one attached hydrogen (secondary N) is 1. The van der Waals surface area contributed by atoms with Crippen molar-refractivity contribution in [1.82, 2.24) is 19.6 Å². The van der Waals surface area contributed by atoms with Crippen LogP contribution in [-0.4, -0.2) is 30.4 Å². The van der Waals surface area contributed by atoms with Crippen LogP contribution in [0.4, 0.5) is 11.5 Å². The molecule has 0 aliphatic rings. The van der Waals surface area contributed by atoms with Crippen LogP contribution < -0.4 is 5.32 Å². The lowest BCUT2D eigenvalue weighted by Gasteiger charge is -2.06. The van der Waals surface area contributed by atoms with Gasteiger partial charge in [0.2, 0.25) is 0 Å². The molecule has 0 spiro atoms. The highest BCUT2D eigenvalue weighted by molar-refractivity contribution is 6.32. The Hall–Kier alpha value is -3.98. The molecule has 0 saturated carbocycles. The average molecular weight is 451 g/mol. The number of anilines is 1. The monoisotopic (exact) mass is 450 g/mol. The number of benzene rings is 2. The third kappa shape index (κ3) is 4.84. The fourth-order valence-corrected chi connectivity index (χ4v) is 3.44. The van der Waals surface area contributed by atoms with Gasteiger partial charge >= 0.3 is 5.82 Å². The molecule has 162 valence electrons. The molecule has 1 amide bonds. The number of nitro groups is 1. The molecule has 10 heteroatoms. The fourth-order valence-electron chi connectivity index (χ4n) is 3.22. The Morgan fingerprint density at radius 3 is 2.53 bits per heavy atom. The zero-order valence-electron chi connectivity index (χ0n) is 17.1. The molecule has 0 unspecified atom stereocenters. The van der Waals surface area contributed by atoms with Crippen molar-refractivity contribution in [2.24, 2.45) is 0 Å². The standard InChI is InChI=1S/C22H19ClN6O3/c1-15-4-2-3-5-18(15)12-27-13-19(10-24-27)25-22(30)17-8-6-16(7-9-17)11-28-14-20(23)21(26-28)29(31)32/h2-10,13-14H,11-12H2,1H3,(H,25,30). The summed E-state index contributed by atoms with van der Waals surface area (Å²) in [5.74, 6) is -0.643. The number of rotatable bonds is 7. The predicted molar refractivity (Wildman–Crippen MR) is 120 cm³/mol. The highest BCUT2D eigenvalue weighted by Gasteiger charge is 2.19. The van der Waals surface area contributed by atoms with E-state index in [1.807, 2.05) is 31.2 Å². The average Bonchev–Trinajstić information content (AvgIpc) is 3.36. The van der Waals surface area contributed by atoms with Crippen molar-refractivity contribution in [2.75, 3.05) is 5.32 Å². The maximum absolute atomic E-state index is 12.6. The van der Waals surface area contributed by atoms with Crippen LogP contribution in [0.15, 0.2) is 67.1 Å². The van der Waals surface area contributed by atoms with Crippen LogP contribution in [-0.2, 0) is 13.1 Å². The zero-order chi connectivity index (χ0) is 22.7. The summed E-state index contributed by atoms with van der Waals surface area (Å²) in [6.07, 6.45) is 4.79. The van der Waals surface area contributed by atoms with Crippen LogP contribution in [0.1, 0.15) is 27.0 Å². The summed E-state index contributed by atoms with van der Waals surface area (Å²) in [5, 5.41) is 21.8. The first-order chi connectivity index (χ1) is 15.4. The Kier molecular flexibility index (Phi) is 6.00. The quantitative estimate of drug-likeness (QED) is 0.333. The molecule has 0 aliphatic carbocycles. The minimum Gasteiger partial charge on any atom is -0.358 e. The molecule has 2 aromatic heterocycles. The molecule has 2 heterocycles. The van der Waals surface area contributed by atoms with Crippen LogP contribution in [0.25, 0.3) is 0 Å². The Bertz CT molecular complexity index is 1280. The summed E-state index contributed by atoms with van der Waals surface area (Å²) in [7, 11) is 0. The van der Waals surface area contributed by atoms with Crippen molar-refractivity contribution in [3.8, 4) is 0 Å². The van der Waals surface area contributed by atoms with Crippen LogP contribution in [0.5, 0.6) is 0 Å². The minimum absolute atomic E-state index is 0.0195. The number of carbonyl (C=O) groups is 1. The zero-order valence-corrected chi connectivity index (χ0v) is 17.9. The van der Waals surface area contributed by atoms with Gasteiger partial charge < -0.3 is 15.4 Å². The molecular formula is C22H19ClN6O3. The van der Waals surface area contributed by atoms with Crippen LogP contribution >= 0.6 is 11.6 Å². The van der Waals surface area contributed by atoms with Crippen molar-refractivity contribution in [3.05, 3.63) is 105 Å². The van der Waals surface area contributed by atoms with Gasteiger partial charge in [0.1, 0.15) is 0 Å². The molecular weight excluding hydrogens is 432 g/mol. The van der Waals surface area contributed by atoms with Crippen LogP contribution in [0.2, 0.25) is 5.02 Å². The number of halogens is 1. The summed E-state index contributed by atoms with van der Waals surface area (Å²) >= 11 is 5.82. The Morgan fingerprint density at radius 2 is 1.84 bits per heavy atom. The highest BCUT2D eigenvalue weighted by Crippen LogP contribution is 2.22. The maximum Gasteiger partial charge on any atom is 0.408 e. The Balaban J connectivity index is 1.38. The molecule has 0 aliphatic heterocycles. The number of aryl methyl sites for hydroxylation is 1. The van der Waals surface area contributed by atoms with Gasteiger partial charge in [-0.15, -0.1) is 0 Å². The van der Waals surface area contributed by atoms with Gasteiger partial charge in [-0.2, -0.15) is 9.78 Å². The predicted octanol–water partition coefficient (Wildman–Crippen LogP) is 4.30. The number of nitrogens with zero attached hydrogens (tertiary/aromatic N) is 5. The topological polar surface area (TPSA) is 108 Å². The minimum atomic E-state index is -0.630. The first-order valence-corrected chi connectivity index (χ1v) is 10.1. The largest absolute Gasteiger partial charge is 0.408 e. The van der Waals surface area contributed by atoms with E-state index in [2.05, 4.69) is 15.5 Å². The lowest BCUT2D eigenvalue weighted by molar-refractivity contribution is -0.389. The SMILES string of the molecule is Cc1ccccc1Cn1cc(NC(=O)c2ccc(Cn3cc(Cl)c([N+](=O)[O-])n3)cc2)cn1. The third-order valence-electron chi connectivity index (χ3n) is 4.92. The molecule has 0 bridgehead atoms. The second-order valence-electron chi connectivity index (χ2n) is 7.26. The van der Waals surface area contributed by atoms with E-state index in [4.69, 9.17) is 11.6 Å². The molecule has 4 rings (SSSR count). The van der Waals surface area contributed by atoms with Crippen molar-refractivity contribution in [1.29, 1.82) is 0 Å². The number of aromatic nitrogens is 4. The van der Waals surface area contributed by atoms with Gasteiger partial charge in [-0.05, 0) is 40.7 Å².